The molecule has 2 aromatic rings. The second-order valence-electron chi connectivity index (χ2n) is 6.63. The van der Waals surface area contributed by atoms with Gasteiger partial charge in [-0.15, -0.1) is 0 Å². The van der Waals surface area contributed by atoms with Crippen molar-refractivity contribution in [1.29, 1.82) is 0 Å². The quantitative estimate of drug-likeness (QED) is 0.742. The summed E-state index contributed by atoms with van der Waals surface area (Å²) in [6.07, 6.45) is 2.94. The predicted octanol–water partition coefficient (Wildman–Crippen LogP) is 4.53. The number of rotatable bonds is 6. The summed E-state index contributed by atoms with van der Waals surface area (Å²) in [6, 6.07) is 10.5. The van der Waals surface area contributed by atoms with E-state index in [1.165, 1.54) is 16.7 Å². The number of benzene rings is 2. The van der Waals surface area contributed by atoms with Gasteiger partial charge >= 0.3 is 0 Å². The Bertz CT molecular complexity index is 761. The summed E-state index contributed by atoms with van der Waals surface area (Å²) in [5, 5.41) is 0.771. The maximum Gasteiger partial charge on any atom is 0.203 e. The van der Waals surface area contributed by atoms with Crippen molar-refractivity contribution in [3.05, 3.63) is 52.0 Å². The van der Waals surface area contributed by atoms with Crippen molar-refractivity contribution < 1.29 is 14.2 Å². The second kappa shape index (κ2) is 8.19. The molecule has 0 aliphatic carbocycles. The van der Waals surface area contributed by atoms with Crippen molar-refractivity contribution >= 4 is 11.6 Å². The molecule has 0 radical (unpaired) electrons. The Morgan fingerprint density at radius 3 is 2.35 bits per heavy atom. The number of likely N-dealkylation sites (N-methyl/N-ethyl adjacent to an activating group) is 1. The Morgan fingerprint density at radius 2 is 1.73 bits per heavy atom. The third-order valence-corrected chi connectivity index (χ3v) is 5.42. The number of aryl methyl sites for hydroxylation is 1. The van der Waals surface area contributed by atoms with Crippen molar-refractivity contribution in [3.8, 4) is 17.2 Å². The van der Waals surface area contributed by atoms with Crippen LogP contribution in [0.25, 0.3) is 0 Å². The molecule has 0 saturated heterocycles. The van der Waals surface area contributed by atoms with Crippen molar-refractivity contribution in [2.24, 2.45) is 0 Å². The average Bonchev–Trinajstić information content (AvgIpc) is 2.66. The lowest BCUT2D eigenvalue weighted by atomic mass is 9.88. The molecule has 0 spiro atoms. The van der Waals surface area contributed by atoms with E-state index < -0.39 is 0 Å². The number of nitrogens with zero attached hydrogens (tertiary/aromatic N) is 1. The molecule has 0 aromatic heterocycles. The molecule has 2 aromatic carbocycles. The molecule has 4 nitrogen and oxygen atoms in total. The summed E-state index contributed by atoms with van der Waals surface area (Å²) in [7, 11) is 7.19. The van der Waals surface area contributed by atoms with E-state index in [0.29, 0.717) is 5.75 Å². The SMILES string of the molecule is COc1cc2c(c(OC)c1OC)C(CCc1ccc(Cl)cc1)N(C)CC2. The van der Waals surface area contributed by atoms with Gasteiger partial charge in [-0.1, -0.05) is 23.7 Å². The standard InChI is InChI=1S/C21H26ClNO3/c1-23-12-11-15-13-18(24-2)20(25-3)21(26-4)19(15)17(23)10-7-14-5-8-16(22)9-6-14/h5-6,8-9,13,17H,7,10-12H2,1-4H3. The van der Waals surface area contributed by atoms with Gasteiger partial charge in [-0.25, -0.2) is 0 Å². The number of ether oxygens (including phenoxy) is 3. The molecule has 3 rings (SSSR count). The van der Waals surface area contributed by atoms with Crippen LogP contribution >= 0.6 is 11.6 Å². The lowest BCUT2D eigenvalue weighted by molar-refractivity contribution is 0.210. The van der Waals surface area contributed by atoms with Crippen LogP contribution < -0.4 is 14.2 Å². The summed E-state index contributed by atoms with van der Waals surface area (Å²) < 4.78 is 16.9. The molecule has 26 heavy (non-hydrogen) atoms. The van der Waals surface area contributed by atoms with E-state index in [4.69, 9.17) is 25.8 Å². The van der Waals surface area contributed by atoms with Gasteiger partial charge in [0.05, 0.1) is 21.3 Å². The highest BCUT2D eigenvalue weighted by molar-refractivity contribution is 6.30. The van der Waals surface area contributed by atoms with Crippen LogP contribution in [0.4, 0.5) is 0 Å². The molecule has 5 heteroatoms. The van der Waals surface area contributed by atoms with Crippen LogP contribution in [0.2, 0.25) is 5.02 Å². The zero-order chi connectivity index (χ0) is 18.7. The van der Waals surface area contributed by atoms with E-state index in [-0.39, 0.29) is 6.04 Å². The molecule has 1 atom stereocenters. The van der Waals surface area contributed by atoms with E-state index in [2.05, 4.69) is 30.1 Å². The fourth-order valence-corrected chi connectivity index (χ4v) is 3.92. The third-order valence-electron chi connectivity index (χ3n) is 5.17. The van der Waals surface area contributed by atoms with Crippen LogP contribution in [-0.2, 0) is 12.8 Å². The summed E-state index contributed by atoms with van der Waals surface area (Å²) in [5.41, 5.74) is 3.78. The van der Waals surface area contributed by atoms with E-state index >= 15 is 0 Å². The van der Waals surface area contributed by atoms with Crippen molar-refractivity contribution in [2.75, 3.05) is 34.9 Å². The summed E-state index contributed by atoms with van der Waals surface area (Å²) in [6.45, 7) is 1.01. The summed E-state index contributed by atoms with van der Waals surface area (Å²) >= 11 is 6.00. The van der Waals surface area contributed by atoms with Gasteiger partial charge in [-0.2, -0.15) is 0 Å². The van der Waals surface area contributed by atoms with Gasteiger partial charge in [0.1, 0.15) is 0 Å². The van der Waals surface area contributed by atoms with Crippen LogP contribution in [-0.4, -0.2) is 39.8 Å². The molecule has 1 aliphatic rings. The van der Waals surface area contributed by atoms with Crippen molar-refractivity contribution in [2.45, 2.75) is 25.3 Å². The maximum atomic E-state index is 6.00. The van der Waals surface area contributed by atoms with Crippen LogP contribution in [0, 0.1) is 0 Å². The van der Waals surface area contributed by atoms with Gasteiger partial charge in [0, 0.05) is 23.2 Å². The molecular formula is C21H26ClNO3. The zero-order valence-electron chi connectivity index (χ0n) is 15.8. The largest absolute Gasteiger partial charge is 0.493 e. The lowest BCUT2D eigenvalue weighted by Gasteiger charge is -2.36. The number of hydrogen-bond acceptors (Lipinski definition) is 4. The third kappa shape index (κ3) is 3.62. The minimum atomic E-state index is 0.268. The Balaban J connectivity index is 1.96. The number of halogens is 1. The van der Waals surface area contributed by atoms with Crippen LogP contribution in [0.15, 0.2) is 30.3 Å². The summed E-state index contributed by atoms with van der Waals surface area (Å²) in [4.78, 5) is 2.40. The number of methoxy groups -OCH3 is 3. The van der Waals surface area contributed by atoms with Gasteiger partial charge in [0.25, 0.3) is 0 Å². The lowest BCUT2D eigenvalue weighted by Crippen LogP contribution is -2.33. The molecule has 140 valence electrons. The second-order valence-corrected chi connectivity index (χ2v) is 7.07. The van der Waals surface area contributed by atoms with Gasteiger partial charge in [0.2, 0.25) is 5.75 Å². The average molecular weight is 376 g/mol. The smallest absolute Gasteiger partial charge is 0.203 e. The highest BCUT2D eigenvalue weighted by Gasteiger charge is 2.31. The Labute approximate surface area is 160 Å². The Hall–Kier alpha value is -1.91. The fourth-order valence-electron chi connectivity index (χ4n) is 3.79. The zero-order valence-corrected chi connectivity index (χ0v) is 16.6. The van der Waals surface area contributed by atoms with Crippen LogP contribution in [0.3, 0.4) is 0 Å². The molecule has 0 N–H and O–H groups in total. The summed E-state index contributed by atoms with van der Waals surface area (Å²) in [5.74, 6) is 2.18. The van der Waals surface area contributed by atoms with E-state index in [0.717, 1.165) is 42.3 Å². The van der Waals surface area contributed by atoms with E-state index in [9.17, 15) is 0 Å². The highest BCUT2D eigenvalue weighted by Crippen LogP contribution is 2.48. The Kier molecular flexibility index (Phi) is 5.94. The fraction of sp³-hybridized carbons (Fsp3) is 0.429. The molecule has 0 fully saturated rings. The first-order valence-corrected chi connectivity index (χ1v) is 9.23. The number of hydrogen-bond donors (Lipinski definition) is 0. The van der Waals surface area contributed by atoms with Crippen molar-refractivity contribution in [1.82, 2.24) is 4.90 Å². The first kappa shape index (κ1) is 18.9. The van der Waals surface area contributed by atoms with E-state index in [1.54, 1.807) is 21.3 Å². The van der Waals surface area contributed by atoms with Crippen molar-refractivity contribution in [3.63, 3.8) is 0 Å². The van der Waals surface area contributed by atoms with Gasteiger partial charge in [0.15, 0.2) is 11.5 Å². The monoisotopic (exact) mass is 375 g/mol. The van der Waals surface area contributed by atoms with Crippen LogP contribution in [0.1, 0.15) is 29.2 Å². The van der Waals surface area contributed by atoms with Gasteiger partial charge < -0.3 is 14.2 Å². The highest BCUT2D eigenvalue weighted by atomic mass is 35.5. The predicted molar refractivity (Wildman–Crippen MR) is 105 cm³/mol. The van der Waals surface area contributed by atoms with Crippen LogP contribution in [0.5, 0.6) is 17.2 Å². The molecule has 1 aliphatic heterocycles. The van der Waals surface area contributed by atoms with E-state index in [1.807, 2.05) is 12.1 Å². The normalized spacial score (nSPS) is 16.9. The molecule has 1 heterocycles. The Morgan fingerprint density at radius 1 is 1.04 bits per heavy atom. The maximum absolute atomic E-state index is 6.00. The molecule has 1 unspecified atom stereocenters. The first-order valence-electron chi connectivity index (χ1n) is 8.85. The first-order chi connectivity index (χ1) is 12.6. The topological polar surface area (TPSA) is 30.9 Å². The minimum Gasteiger partial charge on any atom is -0.493 e. The molecule has 0 amide bonds. The van der Waals surface area contributed by atoms with Gasteiger partial charge in [-0.05, 0) is 55.6 Å². The molecular weight excluding hydrogens is 350 g/mol. The minimum absolute atomic E-state index is 0.268. The van der Waals surface area contributed by atoms with Gasteiger partial charge in [-0.3, -0.25) is 4.90 Å². The number of fused-ring (bicyclic) bond motifs is 1. The molecule has 0 bridgehead atoms. The molecule has 0 saturated carbocycles.